The van der Waals surface area contributed by atoms with Crippen molar-refractivity contribution in [1.29, 1.82) is 0 Å². The van der Waals surface area contributed by atoms with Gasteiger partial charge in [0.05, 0.1) is 35.4 Å². The predicted octanol–water partition coefficient (Wildman–Crippen LogP) is 5.63. The van der Waals surface area contributed by atoms with Crippen LogP contribution < -0.4 is 24.2 Å². The van der Waals surface area contributed by atoms with Crippen molar-refractivity contribution in [2.24, 2.45) is 0 Å². The van der Waals surface area contributed by atoms with Gasteiger partial charge in [0, 0.05) is 37.4 Å². The summed E-state index contributed by atoms with van der Waals surface area (Å²) in [5, 5.41) is 15.4. The number of anilines is 2. The fourth-order valence-electron chi connectivity index (χ4n) is 4.46. The number of para-hydroxylation sites is 1. The summed E-state index contributed by atoms with van der Waals surface area (Å²) in [6.07, 6.45) is 0. The van der Waals surface area contributed by atoms with Crippen LogP contribution in [0.25, 0.3) is 21.0 Å². The molecule has 0 aliphatic carbocycles. The first-order valence-electron chi connectivity index (χ1n) is 13.7. The van der Waals surface area contributed by atoms with Gasteiger partial charge in [0.15, 0.2) is 28.1 Å². The number of fused-ring (bicyclic) bond motifs is 3. The monoisotopic (exact) mass is 639 g/mol. The van der Waals surface area contributed by atoms with Gasteiger partial charge in [0.1, 0.15) is 13.2 Å². The normalized spacial score (nSPS) is 11.5. The Morgan fingerprint density at radius 1 is 0.841 bits per heavy atom. The number of phenols is 1. The van der Waals surface area contributed by atoms with Gasteiger partial charge < -0.3 is 34.1 Å². The highest BCUT2D eigenvalue weighted by Crippen LogP contribution is 2.39. The van der Waals surface area contributed by atoms with Gasteiger partial charge in [0.2, 0.25) is 0 Å². The number of phenolic OH excluding ortho intramolecular Hbond substituents is 1. The number of nitrogens with zero attached hydrogens (tertiary/aromatic N) is 1. The lowest BCUT2D eigenvalue weighted by molar-refractivity contribution is 0.132. The fourth-order valence-corrected chi connectivity index (χ4v) is 6.58. The highest BCUT2D eigenvalue weighted by molar-refractivity contribution is 7.93. The van der Waals surface area contributed by atoms with Gasteiger partial charge >= 0.3 is 0 Å². The average molecular weight is 640 g/mol. The molecule has 44 heavy (non-hydrogen) atoms. The van der Waals surface area contributed by atoms with E-state index < -0.39 is 10.0 Å². The number of hydrogen-bond donors (Lipinski definition) is 3. The van der Waals surface area contributed by atoms with Crippen molar-refractivity contribution < 1.29 is 37.2 Å². The Morgan fingerprint density at radius 2 is 1.55 bits per heavy atom. The van der Waals surface area contributed by atoms with Crippen LogP contribution in [-0.2, 0) is 26.0 Å². The first-order chi connectivity index (χ1) is 21.3. The third-order valence-electron chi connectivity index (χ3n) is 6.70. The van der Waals surface area contributed by atoms with Gasteiger partial charge in [-0.25, -0.2) is 13.4 Å². The number of nitrogens with one attached hydrogen (secondary N) is 2. The second kappa shape index (κ2) is 14.0. The van der Waals surface area contributed by atoms with Crippen molar-refractivity contribution in [3.05, 3.63) is 72.3 Å². The molecule has 0 aliphatic heterocycles. The number of methoxy groups -OCH3 is 3. The molecule has 1 aromatic heterocycles. The summed E-state index contributed by atoms with van der Waals surface area (Å²) in [5.74, 6) is 1.54. The van der Waals surface area contributed by atoms with Crippen LogP contribution in [0.15, 0.2) is 71.6 Å². The van der Waals surface area contributed by atoms with Gasteiger partial charge in [-0.15, -0.1) is 0 Å². The molecule has 0 amide bonds. The second-order valence-corrected chi connectivity index (χ2v) is 12.3. The van der Waals surface area contributed by atoms with Crippen LogP contribution in [-0.4, -0.2) is 66.3 Å². The maximum atomic E-state index is 13.2. The minimum atomic E-state index is -3.91. The molecule has 5 aromatic rings. The molecule has 0 saturated carbocycles. The van der Waals surface area contributed by atoms with E-state index in [2.05, 4.69) is 15.0 Å². The largest absolute Gasteiger partial charge is 0.504 e. The Balaban J connectivity index is 1.34. The Labute approximate surface area is 259 Å². The molecule has 5 rings (SSSR count). The summed E-state index contributed by atoms with van der Waals surface area (Å²) in [7, 11) is 0.782. The summed E-state index contributed by atoms with van der Waals surface area (Å²) >= 11 is 1.24. The van der Waals surface area contributed by atoms with Gasteiger partial charge in [-0.1, -0.05) is 29.5 Å². The van der Waals surface area contributed by atoms with E-state index in [1.165, 1.54) is 30.6 Å². The van der Waals surface area contributed by atoms with Crippen molar-refractivity contribution in [2.45, 2.75) is 11.4 Å². The molecular weight excluding hydrogens is 606 g/mol. The molecule has 1 heterocycles. The van der Waals surface area contributed by atoms with E-state index in [-0.39, 0.29) is 15.8 Å². The average Bonchev–Trinajstić information content (AvgIpc) is 3.43. The smallest absolute Gasteiger partial charge is 0.263 e. The molecule has 0 atom stereocenters. The lowest BCUT2D eigenvalue weighted by atomic mass is 10.1. The number of aromatic nitrogens is 1. The third-order valence-corrected chi connectivity index (χ3v) is 9.12. The minimum absolute atomic E-state index is 0.0557. The van der Waals surface area contributed by atoms with Crippen LogP contribution in [0.1, 0.15) is 5.56 Å². The molecular formula is C31H33N3O8S2. The molecule has 232 valence electrons. The van der Waals surface area contributed by atoms with Crippen LogP contribution in [0, 0.1) is 0 Å². The van der Waals surface area contributed by atoms with E-state index in [0.717, 1.165) is 15.5 Å². The Kier molecular flexibility index (Phi) is 9.90. The molecule has 0 radical (unpaired) electrons. The number of aromatic hydroxyl groups is 1. The van der Waals surface area contributed by atoms with Crippen molar-refractivity contribution >= 4 is 53.2 Å². The number of hydrogen-bond acceptors (Lipinski definition) is 11. The summed E-state index contributed by atoms with van der Waals surface area (Å²) in [6.45, 7) is 1.85. The van der Waals surface area contributed by atoms with Crippen LogP contribution in [0.4, 0.5) is 10.8 Å². The summed E-state index contributed by atoms with van der Waals surface area (Å²) in [5.41, 5.74) is 1.98. The molecule has 0 saturated heterocycles. The van der Waals surface area contributed by atoms with E-state index >= 15 is 0 Å². The van der Waals surface area contributed by atoms with Gasteiger partial charge in [-0.3, -0.25) is 4.72 Å². The molecule has 4 aromatic carbocycles. The standard InChI is InChI=1S/C31H33N3O8S2/c1-38-13-15-41-26-17-20-7-12-28-29(24(20)18-27(26)42-16-14-39-2)33-31(43-28)34-44(36,37)23-10-8-22(9-11-23)32-19-21-5-4-6-25(40-3)30(21)35/h4-12,17-18,32,35H,13-16,19H2,1-3H3,(H,33,34). The van der Waals surface area contributed by atoms with Gasteiger partial charge in [-0.05, 0) is 53.9 Å². The van der Waals surface area contributed by atoms with Crippen LogP contribution >= 0.6 is 11.3 Å². The predicted molar refractivity (Wildman–Crippen MR) is 171 cm³/mol. The lowest BCUT2D eigenvalue weighted by Gasteiger charge is -2.14. The minimum Gasteiger partial charge on any atom is -0.504 e. The molecule has 3 N–H and O–H groups in total. The summed E-state index contributed by atoms with van der Waals surface area (Å²) in [6, 6.07) is 19.1. The Morgan fingerprint density at radius 3 is 2.23 bits per heavy atom. The Hall–Kier alpha value is -4.30. The molecule has 0 fully saturated rings. The zero-order valence-corrected chi connectivity index (χ0v) is 26.1. The number of benzene rings is 4. The maximum Gasteiger partial charge on any atom is 0.263 e. The van der Waals surface area contributed by atoms with E-state index in [9.17, 15) is 13.5 Å². The van der Waals surface area contributed by atoms with Crippen molar-refractivity contribution in [3.63, 3.8) is 0 Å². The number of ether oxygens (including phenoxy) is 5. The number of thiazole rings is 1. The van der Waals surface area contributed by atoms with E-state index in [1.807, 2.05) is 24.3 Å². The molecule has 0 unspecified atom stereocenters. The van der Waals surface area contributed by atoms with Crippen molar-refractivity contribution in [3.8, 4) is 23.0 Å². The topological polar surface area (TPSA) is 137 Å². The highest BCUT2D eigenvalue weighted by Gasteiger charge is 2.19. The van der Waals surface area contributed by atoms with Crippen molar-refractivity contribution in [1.82, 2.24) is 4.98 Å². The second-order valence-electron chi connectivity index (χ2n) is 9.59. The Bertz CT molecular complexity index is 1840. The number of sulfonamides is 1. The molecule has 0 bridgehead atoms. The van der Waals surface area contributed by atoms with Crippen LogP contribution in [0.5, 0.6) is 23.0 Å². The van der Waals surface area contributed by atoms with Gasteiger partial charge in [0.25, 0.3) is 10.0 Å². The van der Waals surface area contributed by atoms with Crippen molar-refractivity contribution in [2.75, 3.05) is 57.8 Å². The SMILES string of the molecule is COCCOc1cc2ccc3sc(NS(=O)(=O)c4ccc(NCc5cccc(OC)c5O)cc4)nc3c2cc1OCCOC. The van der Waals surface area contributed by atoms with Crippen LogP contribution in [0.2, 0.25) is 0 Å². The molecule has 13 heteroatoms. The maximum absolute atomic E-state index is 13.2. The third kappa shape index (κ3) is 7.08. The first kappa shape index (κ1) is 31.1. The summed E-state index contributed by atoms with van der Waals surface area (Å²) in [4.78, 5) is 4.72. The van der Waals surface area contributed by atoms with Crippen LogP contribution in [0.3, 0.4) is 0 Å². The molecule has 11 nitrogen and oxygen atoms in total. The lowest BCUT2D eigenvalue weighted by Crippen LogP contribution is -2.12. The van der Waals surface area contributed by atoms with E-state index in [0.29, 0.717) is 67.0 Å². The quantitative estimate of drug-likeness (QED) is 0.124. The summed E-state index contributed by atoms with van der Waals surface area (Å²) < 4.78 is 57.1. The number of rotatable bonds is 15. The zero-order chi connectivity index (χ0) is 31.1. The zero-order valence-electron chi connectivity index (χ0n) is 24.5. The highest BCUT2D eigenvalue weighted by atomic mass is 32.2. The molecule has 0 spiro atoms. The van der Waals surface area contributed by atoms with Gasteiger partial charge in [-0.2, -0.15) is 0 Å². The first-order valence-corrected chi connectivity index (χ1v) is 16.0. The molecule has 0 aliphatic rings. The van der Waals surface area contributed by atoms with E-state index in [4.69, 9.17) is 23.7 Å². The fraction of sp³-hybridized carbons (Fsp3) is 0.258. The van der Waals surface area contributed by atoms with E-state index in [1.54, 1.807) is 44.6 Å².